The van der Waals surface area contributed by atoms with Gasteiger partial charge < -0.3 is 15.8 Å². The van der Waals surface area contributed by atoms with Crippen LogP contribution in [0.3, 0.4) is 0 Å². The van der Waals surface area contributed by atoms with Crippen molar-refractivity contribution < 1.29 is 9.53 Å². The van der Waals surface area contributed by atoms with Gasteiger partial charge in [-0.15, -0.1) is 0 Å². The van der Waals surface area contributed by atoms with Crippen molar-refractivity contribution in [1.29, 1.82) is 0 Å². The molecule has 20 heavy (non-hydrogen) atoms. The number of carbonyl (C=O) groups excluding carboxylic acids is 1. The van der Waals surface area contributed by atoms with E-state index in [9.17, 15) is 4.79 Å². The molecule has 1 saturated carbocycles. The molecule has 1 aliphatic heterocycles. The van der Waals surface area contributed by atoms with Gasteiger partial charge in [-0.05, 0) is 52.5 Å². The number of amides is 1. The van der Waals surface area contributed by atoms with Crippen molar-refractivity contribution in [3.8, 4) is 0 Å². The molecule has 0 bridgehead atoms. The van der Waals surface area contributed by atoms with E-state index in [1.165, 1.54) is 6.42 Å². The number of nitrogens with two attached hydrogens (primary N) is 1. The fourth-order valence-corrected chi connectivity index (χ4v) is 3.80. The Morgan fingerprint density at radius 1 is 1.45 bits per heavy atom. The van der Waals surface area contributed by atoms with Crippen LogP contribution in [-0.2, 0) is 9.53 Å². The van der Waals surface area contributed by atoms with Crippen molar-refractivity contribution in [3.05, 3.63) is 0 Å². The van der Waals surface area contributed by atoms with E-state index in [1.54, 1.807) is 7.11 Å². The standard InChI is InChI=1S/C15H29N3O2/c1-11(2)17-15(14(16)19)7-6-12(9-15)18-8-4-5-13(10-18)20-3/h11-13,17H,4-10H2,1-3H3,(H2,16,19). The van der Waals surface area contributed by atoms with E-state index in [-0.39, 0.29) is 11.9 Å². The van der Waals surface area contributed by atoms with E-state index in [1.807, 2.05) is 0 Å². The zero-order chi connectivity index (χ0) is 14.8. The number of hydrogen-bond donors (Lipinski definition) is 2. The van der Waals surface area contributed by atoms with Gasteiger partial charge in [0, 0.05) is 25.7 Å². The smallest absolute Gasteiger partial charge is 0.237 e. The van der Waals surface area contributed by atoms with Crippen molar-refractivity contribution in [2.45, 2.75) is 69.7 Å². The molecule has 2 aliphatic rings. The highest BCUT2D eigenvalue weighted by atomic mass is 16.5. The zero-order valence-corrected chi connectivity index (χ0v) is 13.0. The van der Waals surface area contributed by atoms with Gasteiger partial charge in [0.05, 0.1) is 11.6 Å². The lowest BCUT2D eigenvalue weighted by molar-refractivity contribution is -0.124. The normalized spacial score (nSPS) is 35.6. The first-order chi connectivity index (χ1) is 9.47. The summed E-state index contributed by atoms with van der Waals surface area (Å²) in [5.74, 6) is -0.200. The van der Waals surface area contributed by atoms with Gasteiger partial charge in [0.2, 0.25) is 5.91 Å². The van der Waals surface area contributed by atoms with Crippen LogP contribution < -0.4 is 11.1 Å². The van der Waals surface area contributed by atoms with Crippen LogP contribution in [0.25, 0.3) is 0 Å². The minimum Gasteiger partial charge on any atom is -0.380 e. The number of likely N-dealkylation sites (tertiary alicyclic amines) is 1. The minimum absolute atomic E-state index is 0.200. The van der Waals surface area contributed by atoms with Gasteiger partial charge in [0.15, 0.2) is 0 Å². The molecule has 1 saturated heterocycles. The maximum absolute atomic E-state index is 11.9. The molecule has 3 atom stereocenters. The van der Waals surface area contributed by atoms with Crippen molar-refractivity contribution in [2.75, 3.05) is 20.2 Å². The fourth-order valence-electron chi connectivity index (χ4n) is 3.80. The van der Waals surface area contributed by atoms with E-state index in [0.29, 0.717) is 12.1 Å². The average Bonchev–Trinajstić information content (AvgIpc) is 2.83. The van der Waals surface area contributed by atoms with Crippen LogP contribution >= 0.6 is 0 Å². The van der Waals surface area contributed by atoms with Crippen LogP contribution in [0.4, 0.5) is 0 Å². The Bertz CT molecular complexity index is 348. The predicted octanol–water partition coefficient (Wildman–Crippen LogP) is 0.872. The summed E-state index contributed by atoms with van der Waals surface area (Å²) in [6.45, 7) is 6.23. The van der Waals surface area contributed by atoms with Gasteiger partial charge in [0.25, 0.3) is 0 Å². The molecule has 5 nitrogen and oxygen atoms in total. The number of hydrogen-bond acceptors (Lipinski definition) is 4. The van der Waals surface area contributed by atoms with Crippen molar-refractivity contribution in [3.63, 3.8) is 0 Å². The lowest BCUT2D eigenvalue weighted by atomic mass is 9.94. The molecule has 1 amide bonds. The van der Waals surface area contributed by atoms with Crippen LogP contribution in [0.1, 0.15) is 46.0 Å². The molecule has 0 spiro atoms. The van der Waals surface area contributed by atoms with Gasteiger partial charge in [-0.3, -0.25) is 9.69 Å². The quantitative estimate of drug-likeness (QED) is 0.786. The number of methoxy groups -OCH3 is 1. The first kappa shape index (κ1) is 15.7. The summed E-state index contributed by atoms with van der Waals surface area (Å²) >= 11 is 0. The number of carbonyl (C=O) groups is 1. The molecule has 3 N–H and O–H groups in total. The van der Waals surface area contributed by atoms with E-state index in [2.05, 4.69) is 24.1 Å². The Balaban J connectivity index is 2.00. The third-order valence-corrected chi connectivity index (χ3v) is 4.78. The Labute approximate surface area is 122 Å². The molecule has 0 radical (unpaired) electrons. The molecule has 1 heterocycles. The number of primary amides is 1. The summed E-state index contributed by atoms with van der Waals surface area (Å²) in [5, 5.41) is 3.42. The third-order valence-electron chi connectivity index (χ3n) is 4.78. The lowest BCUT2D eigenvalue weighted by Crippen LogP contribution is -2.57. The number of piperidine rings is 1. The maximum atomic E-state index is 11.9. The van der Waals surface area contributed by atoms with Crippen LogP contribution in [-0.4, -0.2) is 54.7 Å². The highest BCUT2D eigenvalue weighted by Crippen LogP contribution is 2.35. The molecule has 1 aliphatic carbocycles. The summed E-state index contributed by atoms with van der Waals surface area (Å²) in [6, 6.07) is 0.723. The van der Waals surface area contributed by atoms with Crippen LogP contribution in [0.2, 0.25) is 0 Å². The fraction of sp³-hybridized carbons (Fsp3) is 0.933. The van der Waals surface area contributed by atoms with E-state index in [4.69, 9.17) is 10.5 Å². The molecular weight excluding hydrogens is 254 g/mol. The van der Waals surface area contributed by atoms with Gasteiger partial charge in [-0.1, -0.05) is 0 Å². The molecule has 5 heteroatoms. The Morgan fingerprint density at radius 3 is 2.80 bits per heavy atom. The van der Waals surface area contributed by atoms with Crippen LogP contribution in [0.5, 0.6) is 0 Å². The average molecular weight is 283 g/mol. The van der Waals surface area contributed by atoms with Gasteiger partial charge >= 0.3 is 0 Å². The molecular formula is C15H29N3O2. The Morgan fingerprint density at radius 2 is 2.20 bits per heavy atom. The monoisotopic (exact) mass is 283 g/mol. The van der Waals surface area contributed by atoms with E-state index >= 15 is 0 Å². The summed E-state index contributed by atoms with van der Waals surface area (Å²) in [7, 11) is 1.79. The highest BCUT2D eigenvalue weighted by Gasteiger charge is 2.46. The molecule has 116 valence electrons. The molecule has 3 unspecified atom stereocenters. The first-order valence-electron chi connectivity index (χ1n) is 7.81. The summed E-state index contributed by atoms with van der Waals surface area (Å²) in [4.78, 5) is 14.4. The molecule has 0 aromatic carbocycles. The van der Waals surface area contributed by atoms with Crippen molar-refractivity contribution >= 4 is 5.91 Å². The number of ether oxygens (including phenoxy) is 1. The molecule has 2 fully saturated rings. The summed E-state index contributed by atoms with van der Waals surface area (Å²) < 4.78 is 5.50. The second-order valence-electron chi connectivity index (χ2n) is 6.64. The van der Waals surface area contributed by atoms with Crippen LogP contribution in [0.15, 0.2) is 0 Å². The topological polar surface area (TPSA) is 67.6 Å². The number of nitrogens with zero attached hydrogens (tertiary/aromatic N) is 1. The van der Waals surface area contributed by atoms with Gasteiger partial charge in [-0.25, -0.2) is 0 Å². The minimum atomic E-state index is -0.515. The van der Waals surface area contributed by atoms with Gasteiger partial charge in [-0.2, -0.15) is 0 Å². The SMILES string of the molecule is COC1CCCN(C2CCC(NC(C)C)(C(N)=O)C2)C1. The summed E-state index contributed by atoms with van der Waals surface area (Å²) in [5.41, 5.74) is 5.17. The molecule has 2 rings (SSSR count). The highest BCUT2D eigenvalue weighted by molar-refractivity contribution is 5.85. The molecule has 0 aromatic heterocycles. The maximum Gasteiger partial charge on any atom is 0.237 e. The van der Waals surface area contributed by atoms with Crippen molar-refractivity contribution in [1.82, 2.24) is 10.2 Å². The first-order valence-corrected chi connectivity index (χ1v) is 7.81. The van der Waals surface area contributed by atoms with Gasteiger partial charge in [0.1, 0.15) is 0 Å². The largest absolute Gasteiger partial charge is 0.380 e. The molecule has 0 aromatic rings. The second-order valence-corrected chi connectivity index (χ2v) is 6.64. The Hall–Kier alpha value is -0.650. The lowest BCUT2D eigenvalue weighted by Gasteiger charge is -2.37. The van der Waals surface area contributed by atoms with Crippen molar-refractivity contribution in [2.24, 2.45) is 5.73 Å². The van der Waals surface area contributed by atoms with Crippen LogP contribution in [0, 0.1) is 0 Å². The number of nitrogens with one attached hydrogen (secondary N) is 1. The van der Waals surface area contributed by atoms with E-state index in [0.717, 1.165) is 38.8 Å². The number of rotatable bonds is 5. The third kappa shape index (κ3) is 3.32. The van der Waals surface area contributed by atoms with E-state index < -0.39 is 5.54 Å². The summed E-state index contributed by atoms with van der Waals surface area (Å²) in [6.07, 6.45) is 5.38. The zero-order valence-electron chi connectivity index (χ0n) is 13.0. The second kappa shape index (κ2) is 6.41. The predicted molar refractivity (Wildman–Crippen MR) is 79.4 cm³/mol. The Kier molecular flexibility index (Phi) is 5.04.